The average Bonchev–Trinajstić information content (AvgIpc) is 3.19. The molecular weight excluding hydrogens is 352 g/mol. The van der Waals surface area contributed by atoms with Gasteiger partial charge in [0.1, 0.15) is 6.61 Å². The number of amides is 1. The molecule has 0 aliphatic carbocycles. The Balaban J connectivity index is 1.70. The quantitative estimate of drug-likeness (QED) is 0.490. The van der Waals surface area contributed by atoms with Gasteiger partial charge >= 0.3 is 0 Å². The van der Waals surface area contributed by atoms with Crippen LogP contribution in [0, 0.1) is 0 Å². The van der Waals surface area contributed by atoms with Crippen molar-refractivity contribution in [2.45, 2.75) is 0 Å². The maximum atomic E-state index is 12.4. The Morgan fingerprint density at radius 1 is 1.19 bits per heavy atom. The summed E-state index contributed by atoms with van der Waals surface area (Å²) in [6, 6.07) is 12.6. The van der Waals surface area contributed by atoms with E-state index < -0.39 is 5.91 Å². The molecule has 1 amide bonds. The van der Waals surface area contributed by atoms with Crippen LogP contribution in [-0.2, 0) is 4.74 Å². The number of rotatable bonds is 7. The van der Waals surface area contributed by atoms with Gasteiger partial charge in [-0.25, -0.2) is 0 Å². The lowest BCUT2D eigenvalue weighted by atomic mass is 10.1. The highest BCUT2D eigenvalue weighted by molar-refractivity contribution is 7.13. The third-order valence-corrected chi connectivity index (χ3v) is 4.44. The summed E-state index contributed by atoms with van der Waals surface area (Å²) in [5.41, 5.74) is 8.15. The van der Waals surface area contributed by atoms with E-state index in [1.54, 1.807) is 36.6 Å². The van der Waals surface area contributed by atoms with E-state index in [2.05, 4.69) is 15.5 Å². The molecule has 0 radical (unpaired) electrons. The molecule has 7 nitrogen and oxygen atoms in total. The number of hydrogen-bond acceptors (Lipinski definition) is 7. The first-order valence-electron chi connectivity index (χ1n) is 7.87. The normalized spacial score (nSPS) is 10.5. The molecule has 3 N–H and O–H groups in total. The van der Waals surface area contributed by atoms with Crippen LogP contribution in [0.3, 0.4) is 0 Å². The Bertz CT molecular complexity index is 867. The molecule has 8 heteroatoms. The monoisotopic (exact) mass is 370 g/mol. The van der Waals surface area contributed by atoms with Crippen LogP contribution in [0.1, 0.15) is 10.5 Å². The molecule has 0 aliphatic rings. The zero-order chi connectivity index (χ0) is 18.4. The number of methoxy groups -OCH3 is 1. The molecule has 0 saturated carbocycles. The molecule has 0 spiro atoms. The lowest BCUT2D eigenvalue weighted by Gasteiger charge is -2.10. The van der Waals surface area contributed by atoms with E-state index in [9.17, 15) is 4.79 Å². The van der Waals surface area contributed by atoms with Crippen molar-refractivity contribution in [3.8, 4) is 16.3 Å². The fraction of sp³-hybridized carbons (Fsp3) is 0.167. The number of nitrogens with two attached hydrogens (primary N) is 1. The lowest BCUT2D eigenvalue weighted by Crippen LogP contribution is -2.16. The number of nitrogen functional groups attached to an aromatic ring is 1. The highest BCUT2D eigenvalue weighted by Gasteiger charge is 2.12. The molecule has 2 heterocycles. The number of carbonyl (C=O) groups is 1. The minimum Gasteiger partial charge on any atom is -0.474 e. The number of aromatic nitrogens is 2. The predicted molar refractivity (Wildman–Crippen MR) is 102 cm³/mol. The molecule has 1 aromatic carbocycles. The summed E-state index contributed by atoms with van der Waals surface area (Å²) < 4.78 is 10.2. The molecule has 3 rings (SSSR count). The zero-order valence-electron chi connectivity index (χ0n) is 14.1. The Labute approximate surface area is 154 Å². The number of nitrogens with one attached hydrogen (secondary N) is 1. The zero-order valence-corrected chi connectivity index (χ0v) is 15.0. The Kier molecular flexibility index (Phi) is 5.77. The van der Waals surface area contributed by atoms with Crippen molar-refractivity contribution in [3.63, 3.8) is 0 Å². The summed E-state index contributed by atoms with van der Waals surface area (Å²) in [6.45, 7) is 0.812. The van der Waals surface area contributed by atoms with E-state index >= 15 is 0 Å². The van der Waals surface area contributed by atoms with Crippen LogP contribution in [0.5, 0.6) is 5.88 Å². The van der Waals surface area contributed by atoms with Gasteiger partial charge in [-0.15, -0.1) is 21.5 Å². The molecule has 0 unspecified atom stereocenters. The average molecular weight is 370 g/mol. The van der Waals surface area contributed by atoms with E-state index in [1.807, 2.05) is 29.6 Å². The van der Waals surface area contributed by atoms with Crippen molar-refractivity contribution < 1.29 is 14.3 Å². The first kappa shape index (κ1) is 17.8. The van der Waals surface area contributed by atoms with E-state index in [0.29, 0.717) is 30.5 Å². The number of nitrogens with zero attached hydrogens (tertiary/aromatic N) is 2. The molecule has 0 saturated heterocycles. The molecular formula is C18H18N4O3S. The van der Waals surface area contributed by atoms with E-state index in [4.69, 9.17) is 15.2 Å². The van der Waals surface area contributed by atoms with Crippen LogP contribution in [-0.4, -0.2) is 36.4 Å². The molecule has 0 fully saturated rings. The second-order valence-corrected chi connectivity index (χ2v) is 6.28. The first-order valence-corrected chi connectivity index (χ1v) is 8.75. The van der Waals surface area contributed by atoms with Crippen LogP contribution < -0.4 is 15.8 Å². The summed E-state index contributed by atoms with van der Waals surface area (Å²) in [4.78, 5) is 13.5. The van der Waals surface area contributed by atoms with E-state index in [1.165, 1.54) is 0 Å². The van der Waals surface area contributed by atoms with Crippen LogP contribution in [0.15, 0.2) is 47.8 Å². The fourth-order valence-electron chi connectivity index (χ4n) is 2.19. The van der Waals surface area contributed by atoms with Gasteiger partial charge in [0.15, 0.2) is 5.69 Å². The minimum absolute atomic E-state index is 0.171. The van der Waals surface area contributed by atoms with Crippen LogP contribution in [0.2, 0.25) is 0 Å². The van der Waals surface area contributed by atoms with Gasteiger partial charge in [0.05, 0.1) is 18.0 Å². The number of ether oxygens (including phenoxy) is 2. The second kappa shape index (κ2) is 8.41. The van der Waals surface area contributed by atoms with Gasteiger partial charge in [-0.3, -0.25) is 4.79 Å². The number of hydrogen-bond donors (Lipinski definition) is 2. The smallest absolute Gasteiger partial charge is 0.276 e. The van der Waals surface area contributed by atoms with Crippen molar-refractivity contribution >= 4 is 28.6 Å². The maximum absolute atomic E-state index is 12.4. The van der Waals surface area contributed by atoms with Crippen molar-refractivity contribution in [1.29, 1.82) is 0 Å². The fourth-order valence-corrected chi connectivity index (χ4v) is 2.92. The van der Waals surface area contributed by atoms with E-state index in [0.717, 1.165) is 10.4 Å². The molecule has 134 valence electrons. The summed E-state index contributed by atoms with van der Waals surface area (Å²) in [5.74, 6) is -0.0613. The largest absolute Gasteiger partial charge is 0.474 e. The number of thiophene rings is 1. The highest BCUT2D eigenvalue weighted by atomic mass is 32.1. The topological polar surface area (TPSA) is 99.4 Å². The molecule has 3 aromatic rings. The molecule has 0 aliphatic heterocycles. The van der Waals surface area contributed by atoms with Crippen LogP contribution in [0.25, 0.3) is 10.4 Å². The Morgan fingerprint density at radius 2 is 2.08 bits per heavy atom. The van der Waals surface area contributed by atoms with Crippen molar-refractivity contribution in [2.24, 2.45) is 0 Å². The molecule has 26 heavy (non-hydrogen) atoms. The molecule has 0 atom stereocenters. The van der Waals surface area contributed by atoms with Gasteiger partial charge in [0.2, 0.25) is 5.88 Å². The summed E-state index contributed by atoms with van der Waals surface area (Å²) in [7, 11) is 1.58. The maximum Gasteiger partial charge on any atom is 0.276 e. The standard InChI is InChI=1S/C18H18N4O3S/c1-24-8-9-25-17-7-6-14(21-22-17)18(23)20-15-11-12(4-5-13(15)19)16-3-2-10-26-16/h2-7,10-11H,8-9,19H2,1H3,(H,20,23). The van der Waals surface area contributed by atoms with Crippen molar-refractivity contribution in [3.05, 3.63) is 53.5 Å². The van der Waals surface area contributed by atoms with Gasteiger partial charge in [0.25, 0.3) is 5.91 Å². The molecule has 0 bridgehead atoms. The Hall–Kier alpha value is -2.97. The highest BCUT2D eigenvalue weighted by Crippen LogP contribution is 2.30. The summed E-state index contributed by atoms with van der Waals surface area (Å²) in [5, 5.41) is 12.5. The van der Waals surface area contributed by atoms with Gasteiger partial charge in [-0.1, -0.05) is 12.1 Å². The first-order chi connectivity index (χ1) is 12.7. The van der Waals surface area contributed by atoms with Crippen LogP contribution in [0.4, 0.5) is 11.4 Å². The van der Waals surface area contributed by atoms with Crippen LogP contribution >= 0.6 is 11.3 Å². The van der Waals surface area contributed by atoms with Crippen molar-refractivity contribution in [2.75, 3.05) is 31.4 Å². The van der Waals surface area contributed by atoms with Gasteiger partial charge in [-0.05, 0) is 35.2 Å². The third-order valence-electron chi connectivity index (χ3n) is 3.52. The Morgan fingerprint density at radius 3 is 2.77 bits per heavy atom. The van der Waals surface area contributed by atoms with Gasteiger partial charge in [-0.2, -0.15) is 0 Å². The molecule has 2 aromatic heterocycles. The summed E-state index contributed by atoms with van der Waals surface area (Å²) in [6.07, 6.45) is 0. The second-order valence-electron chi connectivity index (χ2n) is 5.33. The number of anilines is 2. The lowest BCUT2D eigenvalue weighted by molar-refractivity contribution is 0.102. The van der Waals surface area contributed by atoms with Gasteiger partial charge < -0.3 is 20.5 Å². The minimum atomic E-state index is -0.393. The van der Waals surface area contributed by atoms with E-state index in [-0.39, 0.29) is 5.69 Å². The predicted octanol–water partition coefficient (Wildman–Crippen LogP) is 3.06. The SMILES string of the molecule is COCCOc1ccc(C(=O)Nc2cc(-c3cccs3)ccc2N)nn1. The van der Waals surface area contributed by atoms with Crippen molar-refractivity contribution in [1.82, 2.24) is 10.2 Å². The number of carbonyl (C=O) groups excluding carboxylic acids is 1. The van der Waals surface area contributed by atoms with Gasteiger partial charge in [0, 0.05) is 18.1 Å². The summed E-state index contributed by atoms with van der Waals surface area (Å²) >= 11 is 1.62. The number of benzene rings is 1. The third kappa shape index (κ3) is 4.35.